The molecule has 1 heterocycles. The molecule has 2 atom stereocenters. The number of carbonyl (C=O) groups excluding carboxylic acids is 3. The van der Waals surface area contributed by atoms with Crippen LogP contribution < -0.4 is 5.32 Å². The number of alkyl carbamates (subject to hydrolysis) is 1. The third-order valence-electron chi connectivity index (χ3n) is 3.82. The van der Waals surface area contributed by atoms with Gasteiger partial charge in [0.25, 0.3) is 5.91 Å². The molecule has 0 bridgehead atoms. The van der Waals surface area contributed by atoms with Gasteiger partial charge in [-0.1, -0.05) is 30.3 Å². The Hall–Kier alpha value is -2.77. The number of hydrogen-bond acceptors (Lipinski definition) is 5. The molecule has 1 aromatic rings. The van der Waals surface area contributed by atoms with E-state index in [0.717, 1.165) is 10.6 Å². The number of nitrogens with one attached hydrogen (secondary N) is 1. The second kappa shape index (κ2) is 7.63. The number of nitrogens with zero attached hydrogens (tertiary/aromatic N) is 2. The summed E-state index contributed by atoms with van der Waals surface area (Å²) in [6, 6.07) is 8.10. The van der Waals surface area contributed by atoms with Crippen molar-refractivity contribution in [2.75, 3.05) is 7.05 Å². The molecule has 1 fully saturated rings. The third kappa shape index (κ3) is 4.65. The lowest BCUT2D eigenvalue weighted by Gasteiger charge is -2.48. The predicted molar refractivity (Wildman–Crippen MR) is 93.9 cm³/mol. The van der Waals surface area contributed by atoms with E-state index in [2.05, 4.69) is 5.32 Å². The van der Waals surface area contributed by atoms with Crippen LogP contribution in [0.15, 0.2) is 30.3 Å². The molecule has 26 heavy (non-hydrogen) atoms. The van der Waals surface area contributed by atoms with E-state index < -0.39 is 35.8 Å². The Bertz CT molecular complexity index is 671. The number of rotatable bonds is 4. The quantitative estimate of drug-likeness (QED) is 0.829. The maximum Gasteiger partial charge on any atom is 0.428 e. The fraction of sp³-hybridized carbons (Fsp3) is 0.500. The Morgan fingerprint density at radius 2 is 1.85 bits per heavy atom. The van der Waals surface area contributed by atoms with E-state index in [1.807, 2.05) is 30.3 Å². The topological polar surface area (TPSA) is 88.2 Å². The van der Waals surface area contributed by atoms with Crippen molar-refractivity contribution >= 4 is 18.1 Å². The minimum Gasteiger partial charge on any atom is -0.444 e. The van der Waals surface area contributed by atoms with E-state index >= 15 is 0 Å². The van der Waals surface area contributed by atoms with E-state index in [-0.39, 0.29) is 6.61 Å². The van der Waals surface area contributed by atoms with E-state index in [0.29, 0.717) is 0 Å². The number of amides is 3. The Morgan fingerprint density at radius 1 is 1.23 bits per heavy atom. The molecule has 0 spiro atoms. The van der Waals surface area contributed by atoms with Gasteiger partial charge >= 0.3 is 12.2 Å². The standard InChI is InChI=1S/C18H25N3O5/c1-12-14(19-16(23)26-18(2,3)4)15(22)21(12)20(5)17(24)25-11-13-9-7-6-8-10-13/h6-10,12,14H,11H2,1-5H3,(H,19,23)/t12?,14-/m0/s1. The molecule has 3 amide bonds. The van der Waals surface area contributed by atoms with E-state index in [9.17, 15) is 14.4 Å². The molecule has 1 unspecified atom stereocenters. The summed E-state index contributed by atoms with van der Waals surface area (Å²) in [6.07, 6.45) is -1.32. The first kappa shape index (κ1) is 19.6. The molecule has 0 saturated carbocycles. The summed E-state index contributed by atoms with van der Waals surface area (Å²) in [5, 5.41) is 4.88. The Labute approximate surface area is 153 Å². The van der Waals surface area contributed by atoms with Crippen LogP contribution in [0.5, 0.6) is 0 Å². The molecule has 0 radical (unpaired) electrons. The highest BCUT2D eigenvalue weighted by molar-refractivity contribution is 5.93. The van der Waals surface area contributed by atoms with Crippen LogP contribution >= 0.6 is 0 Å². The maximum absolute atomic E-state index is 12.3. The average molecular weight is 363 g/mol. The normalized spacial score (nSPS) is 19.4. The molecular formula is C18H25N3O5. The van der Waals surface area contributed by atoms with Gasteiger partial charge in [0.2, 0.25) is 0 Å². The van der Waals surface area contributed by atoms with Crippen molar-refractivity contribution in [3.05, 3.63) is 35.9 Å². The largest absolute Gasteiger partial charge is 0.444 e. The maximum atomic E-state index is 12.3. The average Bonchev–Trinajstić information content (AvgIpc) is 2.57. The van der Waals surface area contributed by atoms with Crippen LogP contribution in [-0.4, -0.2) is 52.8 Å². The van der Waals surface area contributed by atoms with Gasteiger partial charge in [-0.2, -0.15) is 0 Å². The zero-order valence-electron chi connectivity index (χ0n) is 15.7. The summed E-state index contributed by atoms with van der Waals surface area (Å²) in [5.74, 6) is -0.400. The molecule has 8 nitrogen and oxygen atoms in total. The highest BCUT2D eigenvalue weighted by atomic mass is 16.6. The molecule has 142 valence electrons. The van der Waals surface area contributed by atoms with Crippen LogP contribution in [0.3, 0.4) is 0 Å². The van der Waals surface area contributed by atoms with Gasteiger partial charge in [-0.15, -0.1) is 0 Å². The van der Waals surface area contributed by atoms with Crippen molar-refractivity contribution in [2.45, 2.75) is 52.0 Å². The first-order valence-electron chi connectivity index (χ1n) is 8.37. The SMILES string of the molecule is CC1[C@H](NC(=O)OC(C)(C)C)C(=O)N1N(C)C(=O)OCc1ccccc1. The van der Waals surface area contributed by atoms with Gasteiger partial charge in [0.1, 0.15) is 18.2 Å². The highest BCUT2D eigenvalue weighted by Crippen LogP contribution is 2.22. The monoisotopic (exact) mass is 363 g/mol. The van der Waals surface area contributed by atoms with Crippen LogP contribution in [0.2, 0.25) is 0 Å². The van der Waals surface area contributed by atoms with Crippen molar-refractivity contribution in [1.82, 2.24) is 15.3 Å². The summed E-state index contributed by atoms with van der Waals surface area (Å²) >= 11 is 0. The molecular weight excluding hydrogens is 338 g/mol. The zero-order chi connectivity index (χ0) is 19.5. The van der Waals surface area contributed by atoms with Gasteiger partial charge in [0.05, 0.1) is 6.04 Å². The molecule has 1 saturated heterocycles. The molecule has 1 aliphatic rings. The number of ether oxygens (including phenoxy) is 2. The van der Waals surface area contributed by atoms with Crippen LogP contribution in [-0.2, 0) is 20.9 Å². The van der Waals surface area contributed by atoms with E-state index in [4.69, 9.17) is 9.47 Å². The summed E-state index contributed by atoms with van der Waals surface area (Å²) < 4.78 is 10.4. The molecule has 1 aromatic carbocycles. The Kier molecular flexibility index (Phi) is 5.74. The van der Waals surface area contributed by atoms with Gasteiger partial charge in [-0.05, 0) is 33.3 Å². The van der Waals surface area contributed by atoms with Gasteiger partial charge in [0.15, 0.2) is 0 Å². The second-order valence-corrected chi connectivity index (χ2v) is 7.11. The Morgan fingerprint density at radius 3 is 2.38 bits per heavy atom. The first-order valence-corrected chi connectivity index (χ1v) is 8.37. The van der Waals surface area contributed by atoms with Crippen LogP contribution in [0.4, 0.5) is 9.59 Å². The molecule has 1 aliphatic heterocycles. The van der Waals surface area contributed by atoms with Gasteiger partial charge in [0, 0.05) is 7.05 Å². The molecule has 0 aromatic heterocycles. The zero-order valence-corrected chi connectivity index (χ0v) is 15.7. The number of hydrogen-bond donors (Lipinski definition) is 1. The summed E-state index contributed by atoms with van der Waals surface area (Å²) in [4.78, 5) is 36.3. The van der Waals surface area contributed by atoms with Gasteiger partial charge in [-0.3, -0.25) is 4.79 Å². The van der Waals surface area contributed by atoms with Crippen LogP contribution in [0, 0.1) is 0 Å². The van der Waals surface area contributed by atoms with Gasteiger partial charge in [-0.25, -0.2) is 19.6 Å². The fourth-order valence-corrected chi connectivity index (χ4v) is 2.55. The first-order chi connectivity index (χ1) is 12.1. The lowest BCUT2D eigenvalue weighted by Crippen LogP contribution is -2.74. The number of hydrazine groups is 1. The van der Waals surface area contributed by atoms with Crippen molar-refractivity contribution in [3.63, 3.8) is 0 Å². The molecule has 2 rings (SSSR count). The van der Waals surface area contributed by atoms with Crippen molar-refractivity contribution in [3.8, 4) is 0 Å². The van der Waals surface area contributed by atoms with E-state index in [1.165, 1.54) is 12.1 Å². The third-order valence-corrected chi connectivity index (χ3v) is 3.82. The van der Waals surface area contributed by atoms with E-state index in [1.54, 1.807) is 27.7 Å². The predicted octanol–water partition coefficient (Wildman–Crippen LogP) is 2.29. The Balaban J connectivity index is 1.86. The van der Waals surface area contributed by atoms with Crippen LogP contribution in [0.1, 0.15) is 33.3 Å². The fourth-order valence-electron chi connectivity index (χ4n) is 2.55. The smallest absolute Gasteiger partial charge is 0.428 e. The van der Waals surface area contributed by atoms with Crippen molar-refractivity contribution < 1.29 is 23.9 Å². The lowest BCUT2D eigenvalue weighted by atomic mass is 9.99. The number of benzene rings is 1. The molecule has 1 N–H and O–H groups in total. The minimum absolute atomic E-state index is 0.111. The van der Waals surface area contributed by atoms with Gasteiger partial charge < -0.3 is 14.8 Å². The molecule has 0 aliphatic carbocycles. The second-order valence-electron chi connectivity index (χ2n) is 7.11. The van der Waals surface area contributed by atoms with Crippen LogP contribution in [0.25, 0.3) is 0 Å². The van der Waals surface area contributed by atoms with Crippen molar-refractivity contribution in [2.24, 2.45) is 0 Å². The summed E-state index contributed by atoms with van der Waals surface area (Å²) in [5.41, 5.74) is 0.194. The minimum atomic E-state index is -0.741. The molecule has 8 heteroatoms. The highest BCUT2D eigenvalue weighted by Gasteiger charge is 2.49. The lowest BCUT2D eigenvalue weighted by molar-refractivity contribution is -0.173. The number of carbonyl (C=O) groups is 3. The van der Waals surface area contributed by atoms with Crippen molar-refractivity contribution in [1.29, 1.82) is 0 Å². The number of β-lactam (4-membered cyclic amide) rings is 1. The summed E-state index contributed by atoms with van der Waals surface area (Å²) in [6.45, 7) is 7.05. The summed E-state index contributed by atoms with van der Waals surface area (Å²) in [7, 11) is 1.45.